The third kappa shape index (κ3) is 3.27. The monoisotopic (exact) mass is 396 g/mol. The number of carbonyl (C=O) groups is 2. The average Bonchev–Trinajstić information content (AvgIpc) is 2.92. The van der Waals surface area contributed by atoms with Gasteiger partial charge in [0.15, 0.2) is 5.76 Å². The molecule has 0 bridgehead atoms. The van der Waals surface area contributed by atoms with E-state index >= 15 is 0 Å². The highest BCUT2D eigenvalue weighted by Gasteiger charge is 2.40. The highest BCUT2D eigenvalue weighted by Crippen LogP contribution is 2.33. The Balaban J connectivity index is 1.57. The van der Waals surface area contributed by atoms with Crippen LogP contribution in [0.15, 0.2) is 54.3 Å². The first-order valence-electron chi connectivity index (χ1n) is 9.38. The van der Waals surface area contributed by atoms with Gasteiger partial charge >= 0.3 is 5.91 Å². The maximum Gasteiger partial charge on any atom is 0.301 e. The van der Waals surface area contributed by atoms with E-state index in [1.165, 1.54) is 0 Å². The van der Waals surface area contributed by atoms with Crippen molar-refractivity contribution in [1.82, 2.24) is 0 Å². The van der Waals surface area contributed by atoms with E-state index in [9.17, 15) is 14.7 Å². The summed E-state index contributed by atoms with van der Waals surface area (Å²) in [5.41, 5.74) is 1.97. The lowest BCUT2D eigenvalue weighted by Gasteiger charge is -2.32. The molecule has 2 heterocycles. The van der Waals surface area contributed by atoms with Gasteiger partial charge in [0.1, 0.15) is 0 Å². The average molecular weight is 397 g/mol. The summed E-state index contributed by atoms with van der Waals surface area (Å²) in [7, 11) is 0. The van der Waals surface area contributed by atoms with Crippen LogP contribution in [0.1, 0.15) is 25.3 Å². The van der Waals surface area contributed by atoms with E-state index in [4.69, 9.17) is 11.6 Å². The van der Waals surface area contributed by atoms with Crippen molar-refractivity contribution in [1.29, 1.82) is 0 Å². The molecule has 2 amide bonds. The molecule has 1 fully saturated rings. The van der Waals surface area contributed by atoms with Crippen molar-refractivity contribution >= 4 is 40.4 Å². The van der Waals surface area contributed by atoms with E-state index in [0.717, 1.165) is 42.4 Å². The molecule has 0 aliphatic carbocycles. The lowest BCUT2D eigenvalue weighted by molar-refractivity contribution is -0.121. The van der Waals surface area contributed by atoms with Crippen LogP contribution in [0.4, 0.5) is 11.4 Å². The maximum absolute atomic E-state index is 12.9. The molecule has 28 heavy (non-hydrogen) atoms. The Kier molecular flexibility index (Phi) is 4.85. The van der Waals surface area contributed by atoms with Crippen molar-refractivity contribution in [3.63, 3.8) is 0 Å². The van der Waals surface area contributed by atoms with Gasteiger partial charge in [0, 0.05) is 23.8 Å². The van der Waals surface area contributed by atoms with Crippen LogP contribution in [0.2, 0.25) is 5.02 Å². The number of benzene rings is 2. The van der Waals surface area contributed by atoms with Gasteiger partial charge in [-0.05, 0) is 60.7 Å². The summed E-state index contributed by atoms with van der Waals surface area (Å²) in [5, 5.41) is 10.8. The number of halogens is 1. The summed E-state index contributed by atoms with van der Waals surface area (Å²) in [6, 6.07) is 13.8. The summed E-state index contributed by atoms with van der Waals surface area (Å²) in [4.78, 5) is 28.8. The van der Waals surface area contributed by atoms with Gasteiger partial charge in [-0.15, -0.1) is 0 Å². The fourth-order valence-electron chi connectivity index (χ4n) is 3.71. The number of aliphatic hydroxyl groups excluding tert-OH is 1. The number of imide groups is 1. The van der Waals surface area contributed by atoms with Crippen LogP contribution < -0.4 is 9.80 Å². The number of carbonyl (C=O) groups excluding carboxylic acids is 2. The predicted octanol–water partition coefficient (Wildman–Crippen LogP) is 4.42. The van der Waals surface area contributed by atoms with E-state index < -0.39 is 17.6 Å². The number of rotatable bonds is 3. The highest BCUT2D eigenvalue weighted by atomic mass is 35.5. The van der Waals surface area contributed by atoms with E-state index in [1.807, 2.05) is 12.1 Å². The largest absolute Gasteiger partial charge is 0.502 e. The summed E-state index contributed by atoms with van der Waals surface area (Å²) < 4.78 is 0. The quantitative estimate of drug-likeness (QED) is 0.780. The van der Waals surface area contributed by atoms with Crippen LogP contribution >= 0.6 is 11.6 Å². The number of piperidine rings is 1. The van der Waals surface area contributed by atoms with Gasteiger partial charge in [-0.25, -0.2) is 4.90 Å². The minimum absolute atomic E-state index is 0.00392. The molecule has 2 aliphatic rings. The topological polar surface area (TPSA) is 60.9 Å². The van der Waals surface area contributed by atoms with Gasteiger partial charge in [0.25, 0.3) is 5.91 Å². The van der Waals surface area contributed by atoms with Gasteiger partial charge in [-0.3, -0.25) is 9.59 Å². The van der Waals surface area contributed by atoms with Crippen molar-refractivity contribution in [2.24, 2.45) is 5.92 Å². The number of aliphatic hydroxyl groups is 1. The molecule has 5 nitrogen and oxygen atoms in total. The fraction of sp³-hybridized carbons (Fsp3) is 0.273. The first-order valence-corrected chi connectivity index (χ1v) is 9.76. The molecule has 6 heteroatoms. The molecule has 1 N–H and O–H groups in total. The lowest BCUT2D eigenvalue weighted by atomic mass is 9.99. The van der Waals surface area contributed by atoms with E-state index in [2.05, 4.69) is 11.8 Å². The van der Waals surface area contributed by atoms with Crippen LogP contribution in [0, 0.1) is 5.92 Å². The summed E-state index contributed by atoms with van der Waals surface area (Å²) >= 11 is 5.89. The van der Waals surface area contributed by atoms with Gasteiger partial charge in [0.2, 0.25) is 0 Å². The zero-order valence-corrected chi connectivity index (χ0v) is 16.3. The zero-order valence-electron chi connectivity index (χ0n) is 15.6. The Bertz CT molecular complexity index is 943. The molecule has 0 spiro atoms. The Hall–Kier alpha value is -2.79. The SMILES string of the molecule is CC1CCN(c2ccc(N3C(=O)C(O)=C(c4ccc(Cl)cc4)C3=O)cc2)CC1. The van der Waals surface area contributed by atoms with E-state index in [1.54, 1.807) is 36.4 Å². The molecule has 4 rings (SSSR count). The number of anilines is 2. The van der Waals surface area contributed by atoms with Crippen LogP contribution in [0.3, 0.4) is 0 Å². The van der Waals surface area contributed by atoms with Crippen LogP contribution in [0.25, 0.3) is 5.57 Å². The Morgan fingerprint density at radius 3 is 2.07 bits per heavy atom. The fourth-order valence-corrected chi connectivity index (χ4v) is 3.83. The van der Waals surface area contributed by atoms with Crippen molar-refractivity contribution in [2.45, 2.75) is 19.8 Å². The first kappa shape index (κ1) is 18.6. The second-order valence-corrected chi connectivity index (χ2v) is 7.80. The molecule has 0 atom stereocenters. The molecule has 2 aliphatic heterocycles. The van der Waals surface area contributed by atoms with Gasteiger partial charge in [0.05, 0.1) is 11.3 Å². The maximum atomic E-state index is 12.9. The Labute approximate surface area is 168 Å². The van der Waals surface area contributed by atoms with Crippen molar-refractivity contribution < 1.29 is 14.7 Å². The Morgan fingerprint density at radius 2 is 1.46 bits per heavy atom. The minimum Gasteiger partial charge on any atom is -0.502 e. The first-order chi connectivity index (χ1) is 13.5. The van der Waals surface area contributed by atoms with Crippen molar-refractivity contribution in [3.05, 3.63) is 64.9 Å². The summed E-state index contributed by atoms with van der Waals surface area (Å²) in [5.74, 6) is -1.05. The van der Waals surface area contributed by atoms with Gasteiger partial charge in [-0.2, -0.15) is 0 Å². The normalized spacial score (nSPS) is 18.4. The highest BCUT2D eigenvalue weighted by molar-refractivity contribution is 6.45. The van der Waals surface area contributed by atoms with Crippen molar-refractivity contribution in [2.75, 3.05) is 22.9 Å². The molecule has 0 radical (unpaired) electrons. The molecule has 0 unspecified atom stereocenters. The number of nitrogens with zero attached hydrogens (tertiary/aromatic N) is 2. The van der Waals surface area contributed by atoms with E-state index in [0.29, 0.717) is 16.3 Å². The number of hydrogen-bond donors (Lipinski definition) is 1. The van der Waals surface area contributed by atoms with Crippen LogP contribution in [0.5, 0.6) is 0 Å². The predicted molar refractivity (Wildman–Crippen MR) is 111 cm³/mol. The lowest BCUT2D eigenvalue weighted by Crippen LogP contribution is -2.33. The van der Waals surface area contributed by atoms with E-state index in [-0.39, 0.29) is 5.57 Å². The Morgan fingerprint density at radius 1 is 0.893 bits per heavy atom. The second-order valence-electron chi connectivity index (χ2n) is 7.36. The zero-order chi connectivity index (χ0) is 19.8. The summed E-state index contributed by atoms with van der Waals surface area (Å²) in [6.07, 6.45) is 2.32. The van der Waals surface area contributed by atoms with Crippen molar-refractivity contribution in [3.8, 4) is 0 Å². The molecule has 0 aromatic heterocycles. The minimum atomic E-state index is -0.713. The van der Waals surface area contributed by atoms with Gasteiger partial charge < -0.3 is 10.0 Å². The molecule has 0 saturated carbocycles. The molecular formula is C22H21ClN2O3. The van der Waals surface area contributed by atoms with Crippen LogP contribution in [-0.2, 0) is 9.59 Å². The molecule has 2 aromatic carbocycles. The molecule has 1 saturated heterocycles. The third-order valence-corrected chi connectivity index (χ3v) is 5.70. The smallest absolute Gasteiger partial charge is 0.301 e. The number of amides is 2. The molecule has 144 valence electrons. The molecule has 2 aromatic rings. The van der Waals surface area contributed by atoms with Crippen LogP contribution in [-0.4, -0.2) is 30.0 Å². The standard InChI is InChI=1S/C22H21ClN2O3/c1-14-10-12-24(13-11-14)17-6-8-18(9-7-17)25-21(27)19(20(26)22(25)28)15-2-4-16(23)5-3-15/h2-9,14,26H,10-13H2,1H3. The number of hydrogen-bond acceptors (Lipinski definition) is 4. The molecular weight excluding hydrogens is 376 g/mol. The summed E-state index contributed by atoms with van der Waals surface area (Å²) in [6.45, 7) is 4.28. The second kappa shape index (κ2) is 7.32. The van der Waals surface area contributed by atoms with Gasteiger partial charge in [-0.1, -0.05) is 30.7 Å². The third-order valence-electron chi connectivity index (χ3n) is 5.45.